The van der Waals surface area contributed by atoms with Gasteiger partial charge in [0.05, 0.1) is 11.0 Å². The number of rotatable bonds is 7. The molecule has 0 amide bonds. The highest BCUT2D eigenvalue weighted by Gasteiger charge is 2.21. The minimum absolute atomic E-state index is 0.574. The molecular weight excluding hydrogens is 885 g/mol. The molecule has 4 heterocycles. The van der Waals surface area contributed by atoms with Crippen molar-refractivity contribution in [2.75, 3.05) is 0 Å². The van der Waals surface area contributed by atoms with E-state index in [4.69, 9.17) is 19.4 Å². The fraction of sp³-hybridized carbons (Fsp3) is 0.0308. The predicted octanol–water partition coefficient (Wildman–Crippen LogP) is 18.3. The molecule has 0 fully saturated rings. The fourth-order valence-electron chi connectivity index (χ4n) is 10.2. The number of aromatic nitrogens is 4. The zero-order chi connectivity index (χ0) is 47.4. The summed E-state index contributed by atoms with van der Waals surface area (Å²) in [5.41, 5.74) is 14.6. The van der Waals surface area contributed by atoms with Gasteiger partial charge in [0, 0.05) is 69.7 Å². The summed E-state index contributed by atoms with van der Waals surface area (Å²) in [5.74, 6) is 1.76. The Morgan fingerprint density at radius 2 is 0.915 bits per heavy atom. The van der Waals surface area contributed by atoms with Gasteiger partial charge in [0.25, 0.3) is 0 Å². The number of nitrogens with zero attached hydrogens (tertiary/aromatic N) is 4. The van der Waals surface area contributed by atoms with Crippen LogP contribution < -0.4 is 0 Å². The summed E-state index contributed by atoms with van der Waals surface area (Å²) in [6.07, 6.45) is 0. The topological polar surface area (TPSA) is 56.7 Å². The second-order valence-electron chi connectivity index (χ2n) is 17.5. The van der Waals surface area contributed by atoms with E-state index in [0.717, 1.165) is 66.5 Å². The molecule has 4 aromatic heterocycles. The predicted molar refractivity (Wildman–Crippen MR) is 298 cm³/mol. The maximum atomic E-state index is 6.33. The lowest BCUT2D eigenvalue weighted by atomic mass is 9.96. The van der Waals surface area contributed by atoms with E-state index in [1.807, 2.05) is 79.8 Å². The van der Waals surface area contributed by atoms with Gasteiger partial charge in [-0.1, -0.05) is 190 Å². The van der Waals surface area contributed by atoms with Crippen molar-refractivity contribution in [3.8, 4) is 73.2 Å². The average Bonchev–Trinajstić information content (AvgIpc) is 4.13. The molecule has 0 aliphatic heterocycles. The van der Waals surface area contributed by atoms with Crippen molar-refractivity contribution < 1.29 is 4.42 Å². The lowest BCUT2D eigenvalue weighted by Gasteiger charge is -2.14. The molecule has 336 valence electrons. The van der Waals surface area contributed by atoms with Crippen molar-refractivity contribution in [1.82, 2.24) is 19.5 Å². The van der Waals surface area contributed by atoms with E-state index in [9.17, 15) is 0 Å². The standard InChI is InChI=1S/C63H38N4OS.C2H6/c1-3-15-39(16-4-1)41-32-34-55-54(37-41)52-27-13-25-47(42-19-11-20-43(35-42)48-26-14-28-53-51-24-8-10-30-58(51)69-60(48)53)59(52)67(55)46-22-12-21-44(36-46)62-64-61(40-17-5-2-6-18-40)65-63(66-62)45-31-33-50-49-23-7-9-29-56(49)68-57(50)38-45;1-2/h1-38H;1-2H3. The molecule has 0 saturated carbocycles. The first-order valence-corrected chi connectivity index (χ1v) is 25.0. The van der Waals surface area contributed by atoms with Gasteiger partial charge in [-0.05, 0) is 82.4 Å². The van der Waals surface area contributed by atoms with Crippen molar-refractivity contribution in [3.05, 3.63) is 231 Å². The first-order chi connectivity index (χ1) is 35.2. The largest absolute Gasteiger partial charge is 0.456 e. The fourth-order valence-corrected chi connectivity index (χ4v) is 11.4. The molecule has 14 aromatic rings. The third-order valence-corrected chi connectivity index (χ3v) is 14.7. The number of para-hydroxylation sites is 2. The molecule has 0 radical (unpaired) electrons. The molecule has 71 heavy (non-hydrogen) atoms. The van der Waals surface area contributed by atoms with Crippen molar-refractivity contribution in [2.24, 2.45) is 0 Å². The van der Waals surface area contributed by atoms with Gasteiger partial charge < -0.3 is 8.98 Å². The molecule has 6 heteroatoms. The number of hydrogen-bond acceptors (Lipinski definition) is 5. The Morgan fingerprint density at radius 3 is 1.72 bits per heavy atom. The van der Waals surface area contributed by atoms with E-state index in [1.165, 1.54) is 53.2 Å². The first-order valence-electron chi connectivity index (χ1n) is 24.2. The Hall–Kier alpha value is -8.97. The zero-order valence-corrected chi connectivity index (χ0v) is 39.9. The molecule has 5 nitrogen and oxygen atoms in total. The molecule has 0 atom stereocenters. The molecule has 14 rings (SSSR count). The highest BCUT2D eigenvalue weighted by atomic mass is 32.1. The number of benzene rings is 10. The van der Waals surface area contributed by atoms with Crippen LogP contribution in [0.5, 0.6) is 0 Å². The number of fused-ring (bicyclic) bond motifs is 9. The number of thiophene rings is 1. The molecule has 0 spiro atoms. The van der Waals surface area contributed by atoms with E-state index in [2.05, 4.69) is 180 Å². The van der Waals surface area contributed by atoms with Gasteiger partial charge in [-0.15, -0.1) is 11.3 Å². The van der Waals surface area contributed by atoms with Crippen LogP contribution in [0, 0.1) is 0 Å². The van der Waals surface area contributed by atoms with E-state index in [-0.39, 0.29) is 0 Å². The van der Waals surface area contributed by atoms with E-state index >= 15 is 0 Å². The molecule has 0 saturated heterocycles. The minimum atomic E-state index is 0.574. The Balaban J connectivity index is 0.00000243. The van der Waals surface area contributed by atoms with Crippen LogP contribution in [0.3, 0.4) is 0 Å². The van der Waals surface area contributed by atoms with Crippen LogP contribution in [-0.4, -0.2) is 19.5 Å². The summed E-state index contributed by atoms with van der Waals surface area (Å²) >= 11 is 1.87. The lowest BCUT2D eigenvalue weighted by Crippen LogP contribution is -2.01. The van der Waals surface area contributed by atoms with Crippen molar-refractivity contribution >= 4 is 75.3 Å². The van der Waals surface area contributed by atoms with E-state index < -0.39 is 0 Å². The Bertz CT molecular complexity index is 4320. The van der Waals surface area contributed by atoms with Crippen LogP contribution in [0.15, 0.2) is 235 Å². The van der Waals surface area contributed by atoms with Crippen LogP contribution >= 0.6 is 11.3 Å². The van der Waals surface area contributed by atoms with Crippen molar-refractivity contribution in [2.45, 2.75) is 13.8 Å². The molecule has 0 aliphatic carbocycles. The summed E-state index contributed by atoms with van der Waals surface area (Å²) in [7, 11) is 0. The van der Waals surface area contributed by atoms with Crippen LogP contribution in [0.4, 0.5) is 0 Å². The Morgan fingerprint density at radius 1 is 0.352 bits per heavy atom. The second-order valence-corrected chi connectivity index (χ2v) is 18.6. The molecule has 10 aromatic carbocycles. The lowest BCUT2D eigenvalue weighted by molar-refractivity contribution is 0.669. The number of hydrogen-bond donors (Lipinski definition) is 0. The van der Waals surface area contributed by atoms with Crippen LogP contribution in [0.1, 0.15) is 13.8 Å². The maximum Gasteiger partial charge on any atom is 0.164 e. The summed E-state index contributed by atoms with van der Waals surface area (Å²) < 4.78 is 11.4. The molecule has 0 unspecified atom stereocenters. The first kappa shape index (κ1) is 42.2. The Labute approximate surface area is 414 Å². The SMILES string of the molecule is CC.c1ccc(-c2ccc3c(c2)c2cccc(-c4cccc(-c5cccc6c5sc5ccccc56)c4)c2n3-c2cccc(-c3nc(-c4ccccc4)nc(-c4ccc5c(c4)oc4ccccc45)n3)c2)cc1. The normalized spacial score (nSPS) is 11.5. The van der Waals surface area contributed by atoms with Gasteiger partial charge in [-0.2, -0.15) is 0 Å². The monoisotopic (exact) mass is 928 g/mol. The molecule has 0 bridgehead atoms. The maximum absolute atomic E-state index is 6.33. The van der Waals surface area contributed by atoms with Crippen molar-refractivity contribution in [1.29, 1.82) is 0 Å². The van der Waals surface area contributed by atoms with Gasteiger partial charge in [0.15, 0.2) is 17.5 Å². The van der Waals surface area contributed by atoms with Gasteiger partial charge in [0.2, 0.25) is 0 Å². The van der Waals surface area contributed by atoms with Gasteiger partial charge in [-0.3, -0.25) is 0 Å². The highest BCUT2D eigenvalue weighted by Crippen LogP contribution is 2.44. The van der Waals surface area contributed by atoms with Crippen LogP contribution in [0.2, 0.25) is 0 Å². The molecule has 0 N–H and O–H groups in total. The number of furan rings is 1. The zero-order valence-electron chi connectivity index (χ0n) is 39.0. The summed E-state index contributed by atoms with van der Waals surface area (Å²) in [5, 5.41) is 7.09. The molecule has 0 aliphatic rings. The molecular formula is C65H44N4OS. The Kier molecular flexibility index (Phi) is 10.4. The summed E-state index contributed by atoms with van der Waals surface area (Å²) in [6.45, 7) is 4.00. The average molecular weight is 929 g/mol. The third-order valence-electron chi connectivity index (χ3n) is 13.5. The summed E-state index contributed by atoms with van der Waals surface area (Å²) in [4.78, 5) is 15.5. The quantitative estimate of drug-likeness (QED) is 0.160. The minimum Gasteiger partial charge on any atom is -0.456 e. The van der Waals surface area contributed by atoms with Gasteiger partial charge in [0.1, 0.15) is 11.2 Å². The van der Waals surface area contributed by atoms with E-state index in [0.29, 0.717) is 17.5 Å². The van der Waals surface area contributed by atoms with Crippen molar-refractivity contribution in [3.63, 3.8) is 0 Å². The highest BCUT2D eigenvalue weighted by molar-refractivity contribution is 7.26. The van der Waals surface area contributed by atoms with Gasteiger partial charge >= 0.3 is 0 Å². The summed E-state index contributed by atoms with van der Waals surface area (Å²) in [6, 6.07) is 81.8. The van der Waals surface area contributed by atoms with Crippen LogP contribution in [0.25, 0.3) is 137 Å². The van der Waals surface area contributed by atoms with Gasteiger partial charge in [-0.25, -0.2) is 15.0 Å². The second kappa shape index (κ2) is 17.5. The van der Waals surface area contributed by atoms with Crippen LogP contribution in [-0.2, 0) is 0 Å². The smallest absolute Gasteiger partial charge is 0.164 e. The van der Waals surface area contributed by atoms with E-state index in [1.54, 1.807) is 0 Å². The third kappa shape index (κ3) is 7.27.